The van der Waals surface area contributed by atoms with E-state index < -0.39 is 0 Å². The molecular weight excluding hydrogens is 271 g/mol. The smallest absolute Gasteiger partial charge is 0.163 e. The molecule has 0 aliphatic heterocycles. The molecule has 21 heavy (non-hydrogen) atoms. The highest BCUT2D eigenvalue weighted by atomic mass is 19.1. The van der Waals surface area contributed by atoms with Crippen molar-refractivity contribution in [3.05, 3.63) is 47.7 Å². The predicted octanol–water partition coefficient (Wildman–Crippen LogP) is 1.57. The van der Waals surface area contributed by atoms with Crippen LogP contribution in [-0.2, 0) is 20.1 Å². The van der Waals surface area contributed by atoms with Gasteiger partial charge in [0.05, 0.1) is 11.6 Å². The molecule has 1 aromatic carbocycles. The number of nitrogens with zero attached hydrogens (tertiary/aromatic N) is 4. The van der Waals surface area contributed by atoms with E-state index in [2.05, 4.69) is 20.4 Å². The van der Waals surface area contributed by atoms with Gasteiger partial charge >= 0.3 is 0 Å². The van der Waals surface area contributed by atoms with Crippen LogP contribution in [0.2, 0.25) is 0 Å². The van der Waals surface area contributed by atoms with E-state index in [9.17, 15) is 4.39 Å². The molecule has 0 fully saturated rings. The van der Waals surface area contributed by atoms with Crippen LogP contribution in [0.3, 0.4) is 0 Å². The number of nitrogens with two attached hydrogens (primary N) is 1. The number of nitrogens with one attached hydrogen (secondary N) is 1. The average molecular weight is 286 g/mol. The second kappa shape index (κ2) is 5.45. The first kappa shape index (κ1) is 13.4. The monoisotopic (exact) mass is 286 g/mol. The van der Waals surface area contributed by atoms with Crippen molar-refractivity contribution in [3.63, 3.8) is 0 Å². The molecule has 0 spiro atoms. The summed E-state index contributed by atoms with van der Waals surface area (Å²) in [5, 5.41) is 8.06. The standard InChI is InChI=1S/C14H15FN6/c1-21-14-11(7-20-21)13(18-8-19-14)17-6-10-3-2-9(5-16)4-12(10)15/h2-4,7-8H,5-6,16H2,1H3,(H,17,18,19). The Labute approximate surface area is 120 Å². The Morgan fingerprint density at radius 3 is 2.95 bits per heavy atom. The Bertz CT molecular complexity index is 782. The van der Waals surface area contributed by atoms with Gasteiger partial charge in [0, 0.05) is 25.7 Å². The molecule has 3 aromatic rings. The molecule has 0 aliphatic rings. The van der Waals surface area contributed by atoms with E-state index in [1.807, 2.05) is 13.1 Å². The molecule has 2 aromatic heterocycles. The minimum Gasteiger partial charge on any atom is -0.365 e. The Hall–Kier alpha value is -2.54. The van der Waals surface area contributed by atoms with Crippen molar-refractivity contribution in [2.24, 2.45) is 12.8 Å². The maximum Gasteiger partial charge on any atom is 0.163 e. The van der Waals surface area contributed by atoms with Crippen LogP contribution in [0.5, 0.6) is 0 Å². The van der Waals surface area contributed by atoms with Crippen molar-refractivity contribution < 1.29 is 4.39 Å². The summed E-state index contributed by atoms with van der Waals surface area (Å²) in [6, 6.07) is 5.00. The van der Waals surface area contributed by atoms with E-state index in [4.69, 9.17) is 5.73 Å². The molecule has 7 heteroatoms. The third-order valence-electron chi connectivity index (χ3n) is 3.33. The molecule has 0 saturated carbocycles. The molecule has 108 valence electrons. The summed E-state index contributed by atoms with van der Waals surface area (Å²) >= 11 is 0. The summed E-state index contributed by atoms with van der Waals surface area (Å²) in [6.07, 6.45) is 3.14. The number of hydrogen-bond donors (Lipinski definition) is 2. The van der Waals surface area contributed by atoms with Crippen molar-refractivity contribution in [1.82, 2.24) is 19.7 Å². The number of halogens is 1. The van der Waals surface area contributed by atoms with Crippen LogP contribution in [0, 0.1) is 5.82 Å². The zero-order valence-electron chi connectivity index (χ0n) is 11.5. The maximum absolute atomic E-state index is 13.9. The van der Waals surface area contributed by atoms with Gasteiger partial charge in [-0.3, -0.25) is 4.68 Å². The quantitative estimate of drug-likeness (QED) is 0.761. The fourth-order valence-electron chi connectivity index (χ4n) is 2.14. The van der Waals surface area contributed by atoms with Crippen LogP contribution in [0.25, 0.3) is 11.0 Å². The van der Waals surface area contributed by atoms with E-state index in [0.717, 1.165) is 16.6 Å². The van der Waals surface area contributed by atoms with Crippen molar-refractivity contribution in [2.45, 2.75) is 13.1 Å². The van der Waals surface area contributed by atoms with Crippen LogP contribution in [0.1, 0.15) is 11.1 Å². The fourth-order valence-corrected chi connectivity index (χ4v) is 2.14. The van der Waals surface area contributed by atoms with Gasteiger partial charge in [-0.15, -0.1) is 0 Å². The van der Waals surface area contributed by atoms with Crippen molar-refractivity contribution in [2.75, 3.05) is 5.32 Å². The van der Waals surface area contributed by atoms with E-state index in [1.165, 1.54) is 12.4 Å². The maximum atomic E-state index is 13.9. The molecule has 0 amide bonds. The van der Waals surface area contributed by atoms with E-state index in [1.54, 1.807) is 16.9 Å². The van der Waals surface area contributed by atoms with Crippen LogP contribution >= 0.6 is 0 Å². The highest BCUT2D eigenvalue weighted by Crippen LogP contribution is 2.19. The van der Waals surface area contributed by atoms with E-state index in [-0.39, 0.29) is 5.82 Å². The third kappa shape index (κ3) is 2.55. The largest absolute Gasteiger partial charge is 0.365 e. The van der Waals surface area contributed by atoms with Gasteiger partial charge in [-0.2, -0.15) is 5.10 Å². The van der Waals surface area contributed by atoms with Gasteiger partial charge in [0.15, 0.2) is 5.65 Å². The zero-order valence-corrected chi connectivity index (χ0v) is 11.5. The van der Waals surface area contributed by atoms with Gasteiger partial charge in [0.1, 0.15) is 18.0 Å². The van der Waals surface area contributed by atoms with E-state index >= 15 is 0 Å². The third-order valence-corrected chi connectivity index (χ3v) is 3.33. The number of rotatable bonds is 4. The molecule has 0 unspecified atom stereocenters. The Kier molecular flexibility index (Phi) is 3.49. The second-order valence-corrected chi connectivity index (χ2v) is 4.71. The fraction of sp³-hybridized carbons (Fsp3) is 0.214. The Morgan fingerprint density at radius 1 is 1.33 bits per heavy atom. The highest BCUT2D eigenvalue weighted by Gasteiger charge is 2.09. The second-order valence-electron chi connectivity index (χ2n) is 4.71. The van der Waals surface area contributed by atoms with Crippen molar-refractivity contribution in [1.29, 1.82) is 0 Å². The Morgan fingerprint density at radius 2 is 2.19 bits per heavy atom. The average Bonchev–Trinajstić information content (AvgIpc) is 2.88. The van der Waals surface area contributed by atoms with Gasteiger partial charge in [-0.1, -0.05) is 12.1 Å². The van der Waals surface area contributed by atoms with Gasteiger partial charge in [-0.25, -0.2) is 14.4 Å². The summed E-state index contributed by atoms with van der Waals surface area (Å²) in [4.78, 5) is 8.34. The number of aromatic nitrogens is 4. The molecule has 0 saturated heterocycles. The lowest BCUT2D eigenvalue weighted by molar-refractivity contribution is 0.610. The SMILES string of the molecule is Cn1ncc2c(NCc3ccc(CN)cc3F)ncnc21. The van der Waals surface area contributed by atoms with Gasteiger partial charge in [-0.05, 0) is 11.6 Å². The lowest BCUT2D eigenvalue weighted by Crippen LogP contribution is -2.05. The number of fused-ring (bicyclic) bond motifs is 1. The minimum absolute atomic E-state index is 0.276. The molecule has 6 nitrogen and oxygen atoms in total. The lowest BCUT2D eigenvalue weighted by atomic mass is 10.1. The molecule has 0 atom stereocenters. The van der Waals surface area contributed by atoms with Crippen LogP contribution < -0.4 is 11.1 Å². The van der Waals surface area contributed by atoms with Gasteiger partial charge in [0.2, 0.25) is 0 Å². The molecule has 0 aliphatic carbocycles. The zero-order chi connectivity index (χ0) is 14.8. The van der Waals surface area contributed by atoms with Gasteiger partial charge in [0.25, 0.3) is 0 Å². The molecular formula is C14H15FN6. The lowest BCUT2D eigenvalue weighted by Gasteiger charge is -2.08. The topological polar surface area (TPSA) is 81.7 Å². The van der Waals surface area contributed by atoms with E-state index in [0.29, 0.717) is 24.5 Å². The van der Waals surface area contributed by atoms with Crippen LogP contribution in [-0.4, -0.2) is 19.7 Å². The summed E-state index contributed by atoms with van der Waals surface area (Å²) in [5.41, 5.74) is 7.55. The Balaban J connectivity index is 1.83. The summed E-state index contributed by atoms with van der Waals surface area (Å²) < 4.78 is 15.6. The molecule has 0 bridgehead atoms. The van der Waals surface area contributed by atoms with Crippen LogP contribution in [0.15, 0.2) is 30.7 Å². The number of anilines is 1. The van der Waals surface area contributed by atoms with Crippen molar-refractivity contribution in [3.8, 4) is 0 Å². The number of hydrogen-bond acceptors (Lipinski definition) is 5. The number of benzene rings is 1. The molecule has 0 radical (unpaired) electrons. The van der Waals surface area contributed by atoms with Crippen LogP contribution in [0.4, 0.5) is 10.2 Å². The summed E-state index contributed by atoms with van der Waals surface area (Å²) in [6.45, 7) is 0.657. The summed E-state index contributed by atoms with van der Waals surface area (Å²) in [7, 11) is 1.81. The van der Waals surface area contributed by atoms with Gasteiger partial charge < -0.3 is 11.1 Å². The minimum atomic E-state index is -0.276. The van der Waals surface area contributed by atoms with Crippen molar-refractivity contribution >= 4 is 16.9 Å². The first-order chi connectivity index (χ1) is 10.2. The first-order valence-electron chi connectivity index (χ1n) is 6.53. The molecule has 3 rings (SSSR count). The highest BCUT2D eigenvalue weighted by molar-refractivity contribution is 5.85. The summed E-state index contributed by atoms with van der Waals surface area (Å²) in [5.74, 6) is 0.359. The number of aryl methyl sites for hydroxylation is 1. The molecule has 3 N–H and O–H groups in total. The predicted molar refractivity (Wildman–Crippen MR) is 77.9 cm³/mol. The normalized spacial score (nSPS) is 11.0. The first-order valence-corrected chi connectivity index (χ1v) is 6.53. The molecule has 2 heterocycles.